The minimum absolute atomic E-state index is 0. The molecule has 0 aromatic heterocycles. The van der Waals surface area contributed by atoms with Crippen molar-refractivity contribution >= 4 is 43.7 Å². The zero-order valence-corrected chi connectivity index (χ0v) is 16.0. The Morgan fingerprint density at radius 2 is 0.966 bits per heavy atom. The summed E-state index contributed by atoms with van der Waals surface area (Å²) in [6.45, 7) is 0.205. The van der Waals surface area contributed by atoms with E-state index in [0.29, 0.717) is 6.42 Å². The third-order valence-corrected chi connectivity index (χ3v) is 4.78. The summed E-state index contributed by atoms with van der Waals surface area (Å²) in [6.07, 6.45) is -6.98. The number of carboxylic acid groups (broad SMARTS) is 1. The van der Waals surface area contributed by atoms with Crippen LogP contribution in [0, 0.1) is 0 Å². The number of hydrogen-bond acceptors (Lipinski definition) is 9. The van der Waals surface area contributed by atoms with Gasteiger partial charge in [0.15, 0.2) is 6.10 Å². The third kappa shape index (κ3) is 12.8. The summed E-state index contributed by atoms with van der Waals surface area (Å²) in [5, 5.41) is 85.0. The van der Waals surface area contributed by atoms with Crippen LogP contribution in [-0.2, 0) is 4.79 Å². The molecular formula is C18H38CaO10. The normalized spacial score (nSPS) is 18.8. The van der Waals surface area contributed by atoms with E-state index in [1.54, 1.807) is 0 Å². The molecule has 11 heteroatoms. The molecular weight excluding hydrogens is 416 g/mol. The summed E-state index contributed by atoms with van der Waals surface area (Å²) in [6, 6.07) is 0. The standard InChI is InChI=1S/C18H36O10.Ca.2H/c19-10-8-6-4-2-1-3-5-7-9-11(20)12(21)13(22)14(23)15(24)16(25)17(26)18(27)28;;;/h11-17,19-26H,1-10H2,(H,27,28);;;. The van der Waals surface area contributed by atoms with Crippen LogP contribution in [-0.4, -0.2) is 139 Å². The number of hydrogen-bond donors (Lipinski definition) is 9. The number of aliphatic hydroxyl groups is 8. The van der Waals surface area contributed by atoms with Gasteiger partial charge in [0.2, 0.25) is 0 Å². The van der Waals surface area contributed by atoms with Gasteiger partial charge in [-0.15, -0.1) is 0 Å². The van der Waals surface area contributed by atoms with Crippen molar-refractivity contribution in [1.82, 2.24) is 0 Å². The van der Waals surface area contributed by atoms with E-state index in [0.717, 1.165) is 44.9 Å². The Bertz CT molecular complexity index is 414. The van der Waals surface area contributed by atoms with E-state index in [9.17, 15) is 35.4 Å². The maximum atomic E-state index is 10.6. The molecule has 0 spiro atoms. The fourth-order valence-electron chi connectivity index (χ4n) is 2.86. The molecule has 7 unspecified atom stereocenters. The molecule has 0 aliphatic carbocycles. The van der Waals surface area contributed by atoms with Crippen LogP contribution in [0.1, 0.15) is 57.8 Å². The van der Waals surface area contributed by atoms with Gasteiger partial charge < -0.3 is 46.0 Å². The van der Waals surface area contributed by atoms with E-state index >= 15 is 0 Å². The summed E-state index contributed by atoms with van der Waals surface area (Å²) in [5.41, 5.74) is 0. The average Bonchev–Trinajstić information content (AvgIpc) is 2.68. The minimum atomic E-state index is -2.39. The van der Waals surface area contributed by atoms with Gasteiger partial charge in [0.1, 0.15) is 30.5 Å². The molecule has 0 saturated heterocycles. The second-order valence-corrected chi connectivity index (χ2v) is 7.14. The molecule has 0 aliphatic heterocycles. The Labute approximate surface area is 200 Å². The van der Waals surface area contributed by atoms with Gasteiger partial charge in [-0.2, -0.15) is 0 Å². The first-order valence-corrected chi connectivity index (χ1v) is 9.75. The van der Waals surface area contributed by atoms with Crippen LogP contribution in [0.25, 0.3) is 0 Å². The Kier molecular flexibility index (Phi) is 19.6. The second-order valence-electron chi connectivity index (χ2n) is 7.14. The first-order chi connectivity index (χ1) is 13.1. The van der Waals surface area contributed by atoms with Crippen molar-refractivity contribution < 1.29 is 50.8 Å². The summed E-state index contributed by atoms with van der Waals surface area (Å²) < 4.78 is 0. The van der Waals surface area contributed by atoms with Crippen LogP contribution in [0.4, 0.5) is 0 Å². The van der Waals surface area contributed by atoms with Crippen LogP contribution in [0.5, 0.6) is 0 Å². The number of carboxylic acids is 1. The zero-order valence-electron chi connectivity index (χ0n) is 16.0. The van der Waals surface area contributed by atoms with Crippen molar-refractivity contribution in [3.8, 4) is 0 Å². The fraction of sp³-hybridized carbons (Fsp3) is 0.944. The van der Waals surface area contributed by atoms with Crippen molar-refractivity contribution in [3.05, 3.63) is 0 Å². The molecule has 10 nitrogen and oxygen atoms in total. The molecule has 172 valence electrons. The Morgan fingerprint density at radius 1 is 0.586 bits per heavy atom. The van der Waals surface area contributed by atoms with Crippen molar-refractivity contribution in [2.45, 2.75) is 101 Å². The molecule has 0 aromatic carbocycles. The molecule has 0 bridgehead atoms. The SMILES string of the molecule is O=C(O)C(O)C(O)C(O)C(O)C(O)C(O)C(O)CCCCCCCCCCO.[CaH2]. The molecule has 0 amide bonds. The Hall–Kier alpha value is 0.410. The molecule has 0 radical (unpaired) electrons. The predicted molar refractivity (Wildman–Crippen MR) is 107 cm³/mol. The van der Waals surface area contributed by atoms with E-state index < -0.39 is 48.7 Å². The first-order valence-electron chi connectivity index (χ1n) is 9.75. The number of unbranched alkanes of at least 4 members (excludes halogenated alkanes) is 7. The summed E-state index contributed by atoms with van der Waals surface area (Å²) in [5.74, 6) is -1.83. The number of rotatable bonds is 17. The molecule has 0 saturated carbocycles. The summed E-state index contributed by atoms with van der Waals surface area (Å²) in [4.78, 5) is 10.6. The fourth-order valence-corrected chi connectivity index (χ4v) is 2.86. The topological polar surface area (TPSA) is 199 Å². The number of aliphatic carboxylic acids is 1. The molecule has 0 rings (SSSR count). The van der Waals surface area contributed by atoms with Crippen LogP contribution < -0.4 is 0 Å². The monoisotopic (exact) mass is 454 g/mol. The van der Waals surface area contributed by atoms with E-state index in [4.69, 9.17) is 15.3 Å². The van der Waals surface area contributed by atoms with Crippen LogP contribution in [0.15, 0.2) is 0 Å². The number of aliphatic hydroxyl groups excluding tert-OH is 8. The van der Waals surface area contributed by atoms with Gasteiger partial charge in [0, 0.05) is 6.61 Å². The first kappa shape index (κ1) is 31.6. The van der Waals surface area contributed by atoms with E-state index in [2.05, 4.69) is 0 Å². The maximum absolute atomic E-state index is 10.6. The van der Waals surface area contributed by atoms with Gasteiger partial charge in [-0.3, -0.25) is 0 Å². The second kappa shape index (κ2) is 18.0. The van der Waals surface area contributed by atoms with Crippen LogP contribution in [0.2, 0.25) is 0 Å². The average molecular weight is 455 g/mol. The summed E-state index contributed by atoms with van der Waals surface area (Å²) in [7, 11) is 0. The van der Waals surface area contributed by atoms with Gasteiger partial charge in [0.05, 0.1) is 6.10 Å². The molecule has 0 heterocycles. The van der Waals surface area contributed by atoms with Crippen LogP contribution in [0.3, 0.4) is 0 Å². The Morgan fingerprint density at radius 3 is 1.41 bits per heavy atom. The van der Waals surface area contributed by atoms with Gasteiger partial charge in [0.25, 0.3) is 0 Å². The van der Waals surface area contributed by atoms with Gasteiger partial charge in [-0.1, -0.05) is 44.9 Å². The van der Waals surface area contributed by atoms with E-state index in [-0.39, 0.29) is 50.8 Å². The predicted octanol–water partition coefficient (Wildman–Crippen LogP) is -2.82. The van der Waals surface area contributed by atoms with Crippen molar-refractivity contribution in [2.24, 2.45) is 0 Å². The van der Waals surface area contributed by atoms with Crippen LogP contribution >= 0.6 is 0 Å². The quantitative estimate of drug-likeness (QED) is 0.0816. The van der Waals surface area contributed by atoms with Gasteiger partial charge in [-0.25, -0.2) is 4.79 Å². The molecule has 29 heavy (non-hydrogen) atoms. The van der Waals surface area contributed by atoms with Crippen molar-refractivity contribution in [1.29, 1.82) is 0 Å². The zero-order chi connectivity index (χ0) is 21.7. The molecule has 0 fully saturated rings. The number of carbonyl (C=O) groups is 1. The molecule has 0 aromatic rings. The van der Waals surface area contributed by atoms with Gasteiger partial charge >= 0.3 is 43.7 Å². The molecule has 7 atom stereocenters. The van der Waals surface area contributed by atoms with E-state index in [1.807, 2.05) is 0 Å². The van der Waals surface area contributed by atoms with Crippen molar-refractivity contribution in [2.75, 3.05) is 6.61 Å². The Balaban J connectivity index is 0. The molecule has 9 N–H and O–H groups in total. The summed E-state index contributed by atoms with van der Waals surface area (Å²) >= 11 is 0. The van der Waals surface area contributed by atoms with Gasteiger partial charge in [-0.05, 0) is 12.8 Å². The third-order valence-electron chi connectivity index (χ3n) is 4.78. The van der Waals surface area contributed by atoms with E-state index in [1.165, 1.54) is 0 Å². The molecule has 0 aliphatic rings. The van der Waals surface area contributed by atoms with Crippen molar-refractivity contribution in [3.63, 3.8) is 0 Å².